The van der Waals surface area contributed by atoms with Crippen molar-refractivity contribution in [3.05, 3.63) is 60.8 Å². The molecule has 0 aliphatic heterocycles. The van der Waals surface area contributed by atoms with Crippen LogP contribution in [0.2, 0.25) is 0 Å². The van der Waals surface area contributed by atoms with Crippen LogP contribution in [0.5, 0.6) is 0 Å². The zero-order valence-corrected chi connectivity index (χ0v) is 42.0. The van der Waals surface area contributed by atoms with Gasteiger partial charge in [0.15, 0.2) is 0 Å². The molecule has 3 unspecified atom stereocenters. The number of aliphatic hydroxyl groups is 1. The van der Waals surface area contributed by atoms with Crippen LogP contribution in [0.25, 0.3) is 0 Å². The van der Waals surface area contributed by atoms with Gasteiger partial charge >= 0.3 is 7.82 Å². The number of carbonyl (C=O) groups is 1. The number of unbranched alkanes of at least 4 members (excludes halogenated alkanes) is 25. The molecule has 0 saturated heterocycles. The highest BCUT2D eigenvalue weighted by Gasteiger charge is 2.27. The van der Waals surface area contributed by atoms with Gasteiger partial charge < -0.3 is 19.8 Å². The van der Waals surface area contributed by atoms with Crippen molar-refractivity contribution >= 4 is 13.7 Å². The molecule has 8 nitrogen and oxygen atoms in total. The summed E-state index contributed by atoms with van der Waals surface area (Å²) in [5.74, 6) is -0.193. The topological polar surface area (TPSA) is 105 Å². The van der Waals surface area contributed by atoms with Crippen molar-refractivity contribution in [2.45, 2.75) is 231 Å². The van der Waals surface area contributed by atoms with Gasteiger partial charge in [-0.15, -0.1) is 0 Å². The van der Waals surface area contributed by atoms with Crippen molar-refractivity contribution in [3.63, 3.8) is 0 Å². The van der Waals surface area contributed by atoms with Crippen LogP contribution < -0.4 is 5.32 Å². The second kappa shape index (κ2) is 44.4. The Labute approximate surface area is 383 Å². The summed E-state index contributed by atoms with van der Waals surface area (Å²) in [4.78, 5) is 23.2. The molecule has 9 heteroatoms. The van der Waals surface area contributed by atoms with Crippen molar-refractivity contribution in [2.24, 2.45) is 0 Å². The van der Waals surface area contributed by atoms with Crippen molar-refractivity contribution in [3.8, 4) is 0 Å². The van der Waals surface area contributed by atoms with Gasteiger partial charge in [0, 0.05) is 6.42 Å². The molecule has 0 aromatic rings. The highest BCUT2D eigenvalue weighted by atomic mass is 31.2. The number of nitrogens with zero attached hydrogens (tertiary/aromatic N) is 1. The summed E-state index contributed by atoms with van der Waals surface area (Å²) < 4.78 is 23.6. The van der Waals surface area contributed by atoms with E-state index in [0.29, 0.717) is 17.4 Å². The van der Waals surface area contributed by atoms with Crippen molar-refractivity contribution in [1.82, 2.24) is 5.32 Å². The van der Waals surface area contributed by atoms with Crippen LogP contribution in [0.3, 0.4) is 0 Å². The molecule has 0 aromatic heterocycles. The van der Waals surface area contributed by atoms with Crippen LogP contribution in [-0.4, -0.2) is 73.4 Å². The SMILES string of the molecule is CCCCCCC/C=C\C/C=C\CCCCCCCCCCCCCCCC(=O)NC(COP(=O)(O)OCC[N+](C)(C)C)C(O)/C=C/CC/C=C/CC/C=C/CCCCCCC. The van der Waals surface area contributed by atoms with E-state index < -0.39 is 20.0 Å². The van der Waals surface area contributed by atoms with Gasteiger partial charge in [-0.25, -0.2) is 4.57 Å². The molecule has 62 heavy (non-hydrogen) atoms. The van der Waals surface area contributed by atoms with E-state index in [1.807, 2.05) is 27.2 Å². The minimum Gasteiger partial charge on any atom is -0.387 e. The Morgan fingerprint density at radius 1 is 0.548 bits per heavy atom. The molecule has 0 aliphatic rings. The number of hydrogen-bond acceptors (Lipinski definition) is 5. The maximum absolute atomic E-state index is 12.9. The first kappa shape index (κ1) is 60.2. The summed E-state index contributed by atoms with van der Waals surface area (Å²) in [6.45, 7) is 4.76. The Hall–Kier alpha value is -1.80. The van der Waals surface area contributed by atoms with Crippen LogP contribution >= 0.6 is 7.82 Å². The summed E-state index contributed by atoms with van der Waals surface area (Å²) in [6, 6.07) is -0.871. The monoisotopic (exact) mass is 892 g/mol. The van der Waals surface area contributed by atoms with Gasteiger partial charge in [0.25, 0.3) is 0 Å². The zero-order chi connectivity index (χ0) is 45.7. The zero-order valence-electron chi connectivity index (χ0n) is 41.1. The summed E-state index contributed by atoms with van der Waals surface area (Å²) in [5, 5.41) is 13.8. The molecular formula is C53H100N2O6P+. The lowest BCUT2D eigenvalue weighted by Gasteiger charge is -2.25. The largest absolute Gasteiger partial charge is 0.472 e. The molecule has 0 spiro atoms. The molecule has 0 fully saturated rings. The fourth-order valence-electron chi connectivity index (χ4n) is 7.10. The Kier molecular flexibility index (Phi) is 43.1. The number of carbonyl (C=O) groups excluding carboxylic acids is 1. The molecule has 0 radical (unpaired) electrons. The van der Waals surface area contributed by atoms with Crippen molar-refractivity contribution in [2.75, 3.05) is 40.9 Å². The van der Waals surface area contributed by atoms with Gasteiger partial charge in [-0.2, -0.15) is 0 Å². The van der Waals surface area contributed by atoms with Crippen LogP contribution in [0.1, 0.15) is 219 Å². The molecular weight excluding hydrogens is 792 g/mol. The lowest BCUT2D eigenvalue weighted by Crippen LogP contribution is -2.45. The molecule has 0 aliphatic carbocycles. The number of phosphoric acid groups is 1. The second-order valence-electron chi connectivity index (χ2n) is 18.5. The van der Waals surface area contributed by atoms with Gasteiger partial charge in [0.2, 0.25) is 5.91 Å². The van der Waals surface area contributed by atoms with E-state index in [1.54, 1.807) is 6.08 Å². The fraction of sp³-hybridized carbons (Fsp3) is 0.792. The fourth-order valence-corrected chi connectivity index (χ4v) is 7.84. The number of hydrogen-bond donors (Lipinski definition) is 3. The Morgan fingerprint density at radius 2 is 0.935 bits per heavy atom. The Morgan fingerprint density at radius 3 is 1.39 bits per heavy atom. The summed E-state index contributed by atoms with van der Waals surface area (Å²) in [5.41, 5.74) is 0. The van der Waals surface area contributed by atoms with E-state index >= 15 is 0 Å². The number of phosphoric ester groups is 1. The third-order valence-electron chi connectivity index (χ3n) is 11.2. The quantitative estimate of drug-likeness (QED) is 0.0243. The predicted octanol–water partition coefficient (Wildman–Crippen LogP) is 15.0. The first-order valence-electron chi connectivity index (χ1n) is 25.7. The molecule has 0 saturated carbocycles. The molecule has 362 valence electrons. The Bertz CT molecular complexity index is 1190. The van der Waals surface area contributed by atoms with Crippen molar-refractivity contribution in [1.29, 1.82) is 0 Å². The molecule has 0 heterocycles. The summed E-state index contributed by atoms with van der Waals surface area (Å²) >= 11 is 0. The maximum atomic E-state index is 12.9. The van der Waals surface area contributed by atoms with Crippen LogP contribution in [0, 0.1) is 0 Å². The van der Waals surface area contributed by atoms with E-state index in [0.717, 1.165) is 51.4 Å². The molecule has 3 N–H and O–H groups in total. The molecule has 0 rings (SSSR count). The number of likely N-dealkylation sites (N-methyl/N-ethyl adjacent to an activating group) is 1. The highest BCUT2D eigenvalue weighted by molar-refractivity contribution is 7.47. The molecule has 0 bridgehead atoms. The smallest absolute Gasteiger partial charge is 0.387 e. The molecule has 1 amide bonds. The normalized spacial score (nSPS) is 14.6. The van der Waals surface area contributed by atoms with E-state index in [9.17, 15) is 19.4 Å². The maximum Gasteiger partial charge on any atom is 0.472 e. The lowest BCUT2D eigenvalue weighted by atomic mass is 10.0. The highest BCUT2D eigenvalue weighted by Crippen LogP contribution is 2.43. The number of amides is 1. The first-order chi connectivity index (χ1) is 30.0. The molecule has 0 aromatic carbocycles. The average Bonchev–Trinajstić information content (AvgIpc) is 3.23. The van der Waals surface area contributed by atoms with E-state index in [2.05, 4.69) is 67.8 Å². The number of aliphatic hydroxyl groups excluding tert-OH is 1. The second-order valence-corrected chi connectivity index (χ2v) is 20.0. The van der Waals surface area contributed by atoms with Crippen molar-refractivity contribution < 1.29 is 32.9 Å². The van der Waals surface area contributed by atoms with Crippen LogP contribution in [0.4, 0.5) is 0 Å². The molecule has 3 atom stereocenters. The number of nitrogens with one attached hydrogen (secondary N) is 1. The summed E-state index contributed by atoms with van der Waals surface area (Å²) in [7, 11) is 1.54. The van der Waals surface area contributed by atoms with Gasteiger partial charge in [-0.3, -0.25) is 13.8 Å². The van der Waals surface area contributed by atoms with Gasteiger partial charge in [0.1, 0.15) is 13.2 Å². The van der Waals surface area contributed by atoms with E-state index in [1.165, 1.54) is 148 Å². The predicted molar refractivity (Wildman–Crippen MR) is 267 cm³/mol. The number of rotatable bonds is 46. The third kappa shape index (κ3) is 46.2. The number of quaternary nitrogens is 1. The standard InChI is InChI=1S/C53H99N2O6P/c1-6-8-10-12-14-16-18-20-22-23-24-25-26-27-28-29-30-31-33-35-37-39-41-43-45-47-53(57)54-51(50-61-62(58,59)60-49-48-55(3,4)5)52(56)46-44-42-40-38-36-34-32-21-19-17-15-13-11-9-7-2/h18-21,23-24,36,38,44,46,51-52,56H,6-17,22,25-35,37,39-43,45,47-50H2,1-5H3,(H-,54,57,58,59)/p+1/b20-18-,21-19+,24-23-,38-36+,46-44+. The van der Waals surface area contributed by atoms with Gasteiger partial charge in [0.05, 0.1) is 39.9 Å². The Balaban J connectivity index is 4.29. The number of allylic oxidation sites excluding steroid dienone is 9. The average molecular weight is 892 g/mol. The van der Waals surface area contributed by atoms with E-state index in [-0.39, 0.29) is 19.1 Å². The van der Waals surface area contributed by atoms with Crippen LogP contribution in [-0.2, 0) is 18.4 Å². The first-order valence-corrected chi connectivity index (χ1v) is 27.2. The van der Waals surface area contributed by atoms with Crippen LogP contribution in [0.15, 0.2) is 60.8 Å². The van der Waals surface area contributed by atoms with Gasteiger partial charge in [-0.1, -0.05) is 197 Å². The summed E-state index contributed by atoms with van der Waals surface area (Å²) in [6.07, 6.45) is 58.8. The minimum atomic E-state index is -4.35. The van der Waals surface area contributed by atoms with E-state index in [4.69, 9.17) is 9.05 Å². The lowest BCUT2D eigenvalue weighted by molar-refractivity contribution is -0.870. The van der Waals surface area contributed by atoms with Gasteiger partial charge in [-0.05, 0) is 77.0 Å². The third-order valence-corrected chi connectivity index (χ3v) is 12.2. The minimum absolute atomic E-state index is 0.0518.